The lowest BCUT2D eigenvalue weighted by atomic mass is 10.2. The largest absolute Gasteiger partial charge is 0.309 e. The molecule has 1 aromatic heterocycles. The highest BCUT2D eigenvalue weighted by molar-refractivity contribution is 7.18. The molecule has 1 fully saturated rings. The average molecular weight is 275 g/mol. The van der Waals surface area contributed by atoms with Crippen LogP contribution in [0.3, 0.4) is 0 Å². The quantitative estimate of drug-likeness (QED) is 0.909. The summed E-state index contributed by atoms with van der Waals surface area (Å²) in [6, 6.07) is 9.09. The van der Waals surface area contributed by atoms with Gasteiger partial charge in [-0.1, -0.05) is 19.1 Å². The van der Waals surface area contributed by atoms with Crippen LogP contribution in [-0.2, 0) is 6.54 Å². The fraction of sp³-hybridized carbons (Fsp3) is 0.533. The van der Waals surface area contributed by atoms with E-state index in [9.17, 15) is 0 Å². The zero-order chi connectivity index (χ0) is 13.1. The van der Waals surface area contributed by atoms with Gasteiger partial charge in [-0.25, -0.2) is 4.98 Å². The molecule has 1 aliphatic rings. The number of nitrogens with one attached hydrogen (secondary N) is 1. The lowest BCUT2D eigenvalue weighted by molar-refractivity contribution is 0.260. The van der Waals surface area contributed by atoms with E-state index in [1.165, 1.54) is 35.6 Å². The maximum absolute atomic E-state index is 4.66. The maximum Gasteiger partial charge on any atom is 0.108 e. The van der Waals surface area contributed by atoms with Crippen LogP contribution in [0.4, 0.5) is 0 Å². The van der Waals surface area contributed by atoms with Gasteiger partial charge in [0, 0.05) is 19.1 Å². The molecule has 2 aromatic rings. The highest BCUT2D eigenvalue weighted by Crippen LogP contribution is 2.21. The Morgan fingerprint density at radius 1 is 1.42 bits per heavy atom. The SMILES string of the molecule is CCN1CCCC1CNCc1nc2ccccc2s1. The van der Waals surface area contributed by atoms with Crippen LogP contribution in [0.5, 0.6) is 0 Å². The lowest BCUT2D eigenvalue weighted by Gasteiger charge is -2.22. The second-order valence-corrected chi connectivity index (χ2v) is 6.25. The number of para-hydroxylation sites is 1. The number of fused-ring (bicyclic) bond motifs is 1. The molecule has 0 bridgehead atoms. The predicted molar refractivity (Wildman–Crippen MR) is 81.6 cm³/mol. The predicted octanol–water partition coefficient (Wildman–Crippen LogP) is 2.87. The highest BCUT2D eigenvalue weighted by atomic mass is 32.1. The van der Waals surface area contributed by atoms with Crippen molar-refractivity contribution in [2.45, 2.75) is 32.4 Å². The number of likely N-dealkylation sites (N-methyl/N-ethyl adjacent to an activating group) is 1. The van der Waals surface area contributed by atoms with Gasteiger partial charge >= 0.3 is 0 Å². The molecule has 1 saturated heterocycles. The summed E-state index contributed by atoms with van der Waals surface area (Å²) in [5, 5.41) is 4.77. The van der Waals surface area contributed by atoms with Crippen LogP contribution in [0.15, 0.2) is 24.3 Å². The van der Waals surface area contributed by atoms with Crippen LogP contribution in [-0.4, -0.2) is 35.6 Å². The van der Waals surface area contributed by atoms with Gasteiger partial charge in [-0.3, -0.25) is 4.90 Å². The normalized spacial score (nSPS) is 20.4. The van der Waals surface area contributed by atoms with E-state index < -0.39 is 0 Å². The minimum Gasteiger partial charge on any atom is -0.309 e. The van der Waals surface area contributed by atoms with Crippen LogP contribution >= 0.6 is 11.3 Å². The van der Waals surface area contributed by atoms with Crippen molar-refractivity contribution in [3.8, 4) is 0 Å². The fourth-order valence-corrected chi connectivity index (χ4v) is 3.82. The van der Waals surface area contributed by atoms with Crippen molar-refractivity contribution in [3.05, 3.63) is 29.3 Å². The van der Waals surface area contributed by atoms with Gasteiger partial charge in [-0.2, -0.15) is 0 Å². The molecule has 0 spiro atoms. The highest BCUT2D eigenvalue weighted by Gasteiger charge is 2.22. The monoisotopic (exact) mass is 275 g/mol. The summed E-state index contributed by atoms with van der Waals surface area (Å²) in [5.41, 5.74) is 1.13. The van der Waals surface area contributed by atoms with Gasteiger partial charge in [-0.15, -0.1) is 11.3 Å². The second-order valence-electron chi connectivity index (χ2n) is 5.13. The third-order valence-electron chi connectivity index (χ3n) is 3.90. The molecule has 19 heavy (non-hydrogen) atoms. The summed E-state index contributed by atoms with van der Waals surface area (Å²) in [6.07, 6.45) is 2.68. The van der Waals surface area contributed by atoms with Crippen molar-refractivity contribution in [1.82, 2.24) is 15.2 Å². The zero-order valence-corrected chi connectivity index (χ0v) is 12.2. The molecule has 2 heterocycles. The Hall–Kier alpha value is -0.970. The van der Waals surface area contributed by atoms with Gasteiger partial charge in [-0.05, 0) is 38.1 Å². The van der Waals surface area contributed by atoms with Crippen molar-refractivity contribution < 1.29 is 0 Å². The van der Waals surface area contributed by atoms with Gasteiger partial charge in [0.2, 0.25) is 0 Å². The first-order valence-electron chi connectivity index (χ1n) is 7.16. The van der Waals surface area contributed by atoms with E-state index in [-0.39, 0.29) is 0 Å². The van der Waals surface area contributed by atoms with Crippen molar-refractivity contribution in [1.29, 1.82) is 0 Å². The summed E-state index contributed by atoms with van der Waals surface area (Å²) in [7, 11) is 0. The Balaban J connectivity index is 1.54. The van der Waals surface area contributed by atoms with E-state index in [2.05, 4.69) is 46.4 Å². The van der Waals surface area contributed by atoms with Crippen LogP contribution in [0.2, 0.25) is 0 Å². The summed E-state index contributed by atoms with van der Waals surface area (Å²) in [5.74, 6) is 0. The number of thiazole rings is 1. The standard InChI is InChI=1S/C15H21N3S/c1-2-18-9-5-6-12(18)10-16-11-15-17-13-7-3-4-8-14(13)19-15/h3-4,7-8,12,16H,2,5-6,9-11H2,1H3. The molecule has 0 saturated carbocycles. The van der Waals surface area contributed by atoms with E-state index in [1.807, 2.05) is 0 Å². The number of rotatable bonds is 5. The zero-order valence-electron chi connectivity index (χ0n) is 11.4. The fourth-order valence-electron chi connectivity index (χ4n) is 2.88. The number of aromatic nitrogens is 1. The first kappa shape index (κ1) is 13.0. The molecule has 1 N–H and O–H groups in total. The molecular weight excluding hydrogens is 254 g/mol. The Bertz CT molecular complexity index is 504. The molecule has 0 radical (unpaired) electrons. The molecule has 1 unspecified atom stereocenters. The summed E-state index contributed by atoms with van der Waals surface area (Å²) in [4.78, 5) is 7.23. The first-order valence-corrected chi connectivity index (χ1v) is 7.97. The molecule has 1 aromatic carbocycles. The maximum atomic E-state index is 4.66. The Labute approximate surface area is 118 Å². The lowest BCUT2D eigenvalue weighted by Crippen LogP contribution is -2.37. The average Bonchev–Trinajstić information content (AvgIpc) is 3.04. The minimum absolute atomic E-state index is 0.722. The third-order valence-corrected chi connectivity index (χ3v) is 4.94. The molecule has 1 atom stereocenters. The summed E-state index contributed by atoms with van der Waals surface area (Å²) < 4.78 is 1.29. The Morgan fingerprint density at radius 2 is 2.32 bits per heavy atom. The van der Waals surface area contributed by atoms with Crippen LogP contribution in [0.1, 0.15) is 24.8 Å². The first-order chi connectivity index (χ1) is 9.36. The number of benzene rings is 1. The van der Waals surface area contributed by atoms with Gasteiger partial charge in [0.15, 0.2) is 0 Å². The smallest absolute Gasteiger partial charge is 0.108 e. The van der Waals surface area contributed by atoms with Crippen molar-refractivity contribution in [2.75, 3.05) is 19.6 Å². The van der Waals surface area contributed by atoms with Crippen molar-refractivity contribution >= 4 is 21.6 Å². The third kappa shape index (κ3) is 2.96. The summed E-state index contributed by atoms with van der Waals surface area (Å²) >= 11 is 1.80. The molecule has 3 nitrogen and oxygen atoms in total. The molecule has 4 heteroatoms. The molecule has 3 rings (SSSR count). The van der Waals surface area contributed by atoms with Crippen molar-refractivity contribution in [2.24, 2.45) is 0 Å². The number of hydrogen-bond acceptors (Lipinski definition) is 4. The van der Waals surface area contributed by atoms with Crippen LogP contribution < -0.4 is 5.32 Å². The van der Waals surface area contributed by atoms with E-state index in [0.717, 1.165) is 24.6 Å². The molecule has 102 valence electrons. The number of hydrogen-bond donors (Lipinski definition) is 1. The number of nitrogens with zero attached hydrogens (tertiary/aromatic N) is 2. The van der Waals surface area contributed by atoms with Crippen LogP contribution in [0.25, 0.3) is 10.2 Å². The minimum atomic E-state index is 0.722. The van der Waals surface area contributed by atoms with Gasteiger partial charge in [0.05, 0.1) is 10.2 Å². The van der Waals surface area contributed by atoms with Gasteiger partial charge in [0.25, 0.3) is 0 Å². The van der Waals surface area contributed by atoms with E-state index >= 15 is 0 Å². The van der Waals surface area contributed by atoms with Crippen molar-refractivity contribution in [3.63, 3.8) is 0 Å². The van der Waals surface area contributed by atoms with Gasteiger partial charge in [0.1, 0.15) is 5.01 Å². The summed E-state index contributed by atoms with van der Waals surface area (Å²) in [6.45, 7) is 6.68. The molecule has 0 amide bonds. The molecular formula is C15H21N3S. The molecule has 0 aliphatic carbocycles. The molecule has 1 aliphatic heterocycles. The van der Waals surface area contributed by atoms with Crippen LogP contribution in [0, 0.1) is 0 Å². The number of likely N-dealkylation sites (tertiary alicyclic amines) is 1. The van der Waals surface area contributed by atoms with Gasteiger partial charge < -0.3 is 5.32 Å². The Morgan fingerprint density at radius 3 is 3.16 bits per heavy atom. The Kier molecular flexibility index (Phi) is 4.11. The topological polar surface area (TPSA) is 28.2 Å². The van der Waals surface area contributed by atoms with E-state index in [0.29, 0.717) is 0 Å². The second kappa shape index (κ2) is 5.99. The van der Waals surface area contributed by atoms with E-state index in [4.69, 9.17) is 0 Å². The van der Waals surface area contributed by atoms with E-state index in [1.54, 1.807) is 11.3 Å².